The van der Waals surface area contributed by atoms with Gasteiger partial charge in [0.15, 0.2) is 0 Å². The van der Waals surface area contributed by atoms with Gasteiger partial charge in [0.2, 0.25) is 0 Å². The molecule has 104 valence electrons. The van der Waals surface area contributed by atoms with Gasteiger partial charge >= 0.3 is 0 Å². The molecular formula is C15H22FN3. The van der Waals surface area contributed by atoms with Crippen LogP contribution in [0.25, 0.3) is 0 Å². The minimum Gasteiger partial charge on any atom is -0.369 e. The van der Waals surface area contributed by atoms with E-state index in [9.17, 15) is 4.39 Å². The first-order valence-electron chi connectivity index (χ1n) is 6.53. The molecular weight excluding hydrogens is 241 g/mol. The fourth-order valence-corrected chi connectivity index (χ4v) is 1.95. The molecule has 1 aromatic carbocycles. The van der Waals surface area contributed by atoms with Gasteiger partial charge in [-0.05, 0) is 38.2 Å². The average molecular weight is 263 g/mol. The number of nitriles is 1. The topological polar surface area (TPSA) is 30.3 Å². The summed E-state index contributed by atoms with van der Waals surface area (Å²) in [5, 5.41) is 9.15. The van der Waals surface area contributed by atoms with E-state index in [4.69, 9.17) is 5.26 Å². The van der Waals surface area contributed by atoms with Crippen molar-refractivity contribution in [3.8, 4) is 6.07 Å². The third-order valence-electron chi connectivity index (χ3n) is 2.82. The normalized spacial score (nSPS) is 10.8. The fraction of sp³-hybridized carbons (Fsp3) is 0.533. The van der Waals surface area contributed by atoms with Gasteiger partial charge in [-0.1, -0.05) is 13.8 Å². The lowest BCUT2D eigenvalue weighted by Gasteiger charge is -2.28. The van der Waals surface area contributed by atoms with Crippen LogP contribution in [0.15, 0.2) is 18.2 Å². The first-order chi connectivity index (χ1) is 8.93. The molecule has 1 rings (SSSR count). The highest BCUT2D eigenvalue weighted by Gasteiger charge is 2.13. The van der Waals surface area contributed by atoms with E-state index < -0.39 is 0 Å². The molecule has 0 amide bonds. The molecule has 19 heavy (non-hydrogen) atoms. The van der Waals surface area contributed by atoms with Crippen LogP contribution in [0, 0.1) is 23.1 Å². The van der Waals surface area contributed by atoms with E-state index in [0.29, 0.717) is 11.5 Å². The summed E-state index contributed by atoms with van der Waals surface area (Å²) in [6.45, 7) is 6.85. The molecule has 0 aliphatic carbocycles. The van der Waals surface area contributed by atoms with Crippen LogP contribution in [0.4, 0.5) is 10.1 Å². The Balaban J connectivity index is 2.99. The Bertz CT molecular complexity index is 449. The molecule has 0 saturated heterocycles. The summed E-state index contributed by atoms with van der Waals surface area (Å²) in [5.41, 5.74) is 1.22. The Labute approximate surface area is 115 Å². The van der Waals surface area contributed by atoms with Gasteiger partial charge in [0.05, 0.1) is 11.3 Å². The van der Waals surface area contributed by atoms with Gasteiger partial charge in [0, 0.05) is 19.6 Å². The average Bonchev–Trinajstić information content (AvgIpc) is 2.33. The van der Waals surface area contributed by atoms with E-state index in [1.807, 2.05) is 14.1 Å². The summed E-state index contributed by atoms with van der Waals surface area (Å²) in [5.74, 6) is 0.121. The Hall–Kier alpha value is -1.60. The molecule has 3 nitrogen and oxygen atoms in total. The molecule has 0 saturated carbocycles. The van der Waals surface area contributed by atoms with Crippen molar-refractivity contribution in [1.82, 2.24) is 4.90 Å². The maximum absolute atomic E-state index is 13.2. The summed E-state index contributed by atoms with van der Waals surface area (Å²) in [4.78, 5) is 4.26. The zero-order valence-corrected chi connectivity index (χ0v) is 12.2. The van der Waals surface area contributed by atoms with Crippen molar-refractivity contribution in [3.05, 3.63) is 29.6 Å². The highest BCUT2D eigenvalue weighted by atomic mass is 19.1. The van der Waals surface area contributed by atoms with E-state index in [2.05, 4.69) is 29.7 Å². The van der Waals surface area contributed by atoms with Crippen LogP contribution in [0.3, 0.4) is 0 Å². The number of rotatable bonds is 6. The molecule has 1 aromatic rings. The van der Waals surface area contributed by atoms with E-state index in [1.165, 1.54) is 12.1 Å². The summed E-state index contributed by atoms with van der Waals surface area (Å²) < 4.78 is 13.2. The number of hydrogen-bond acceptors (Lipinski definition) is 3. The maximum Gasteiger partial charge on any atom is 0.124 e. The Morgan fingerprint density at radius 2 is 1.95 bits per heavy atom. The number of anilines is 1. The number of nitrogens with zero attached hydrogens (tertiary/aromatic N) is 3. The SMILES string of the molecule is CC(C)CN(CCN(C)C)c1ccc(F)cc1C#N. The largest absolute Gasteiger partial charge is 0.369 e. The van der Waals surface area contributed by atoms with Crippen LogP contribution in [-0.2, 0) is 0 Å². The van der Waals surface area contributed by atoms with Gasteiger partial charge in [-0.3, -0.25) is 0 Å². The minimum absolute atomic E-state index is 0.364. The lowest BCUT2D eigenvalue weighted by Crippen LogP contribution is -2.34. The van der Waals surface area contributed by atoms with Crippen molar-refractivity contribution in [1.29, 1.82) is 5.26 Å². The number of likely N-dealkylation sites (N-methyl/N-ethyl adjacent to an activating group) is 1. The molecule has 0 unspecified atom stereocenters. The zero-order chi connectivity index (χ0) is 14.4. The number of halogens is 1. The van der Waals surface area contributed by atoms with Crippen molar-refractivity contribution in [2.45, 2.75) is 13.8 Å². The van der Waals surface area contributed by atoms with E-state index in [0.717, 1.165) is 25.3 Å². The van der Waals surface area contributed by atoms with Crippen molar-refractivity contribution in [2.75, 3.05) is 38.6 Å². The van der Waals surface area contributed by atoms with Crippen molar-refractivity contribution in [2.24, 2.45) is 5.92 Å². The molecule has 4 heteroatoms. The van der Waals surface area contributed by atoms with E-state index in [-0.39, 0.29) is 5.82 Å². The highest BCUT2D eigenvalue weighted by Crippen LogP contribution is 2.22. The van der Waals surface area contributed by atoms with Gasteiger partial charge in [-0.15, -0.1) is 0 Å². The van der Waals surface area contributed by atoms with E-state index in [1.54, 1.807) is 6.07 Å². The lowest BCUT2D eigenvalue weighted by atomic mass is 10.1. The van der Waals surface area contributed by atoms with Crippen molar-refractivity contribution < 1.29 is 4.39 Å². The predicted octanol–water partition coefficient (Wildman–Crippen LogP) is 2.72. The van der Waals surface area contributed by atoms with Crippen LogP contribution in [-0.4, -0.2) is 38.6 Å². The van der Waals surface area contributed by atoms with Crippen LogP contribution < -0.4 is 4.90 Å². The Morgan fingerprint density at radius 3 is 2.47 bits per heavy atom. The van der Waals surface area contributed by atoms with Crippen LogP contribution in [0.1, 0.15) is 19.4 Å². The lowest BCUT2D eigenvalue weighted by molar-refractivity contribution is 0.409. The smallest absolute Gasteiger partial charge is 0.124 e. The van der Waals surface area contributed by atoms with Gasteiger partial charge in [0.25, 0.3) is 0 Å². The van der Waals surface area contributed by atoms with Crippen molar-refractivity contribution in [3.63, 3.8) is 0 Å². The molecule has 0 radical (unpaired) electrons. The third-order valence-corrected chi connectivity index (χ3v) is 2.82. The zero-order valence-electron chi connectivity index (χ0n) is 12.2. The predicted molar refractivity (Wildman–Crippen MR) is 76.7 cm³/mol. The number of benzene rings is 1. The summed E-state index contributed by atoms with van der Waals surface area (Å²) >= 11 is 0. The standard InChI is InChI=1S/C15H22FN3/c1-12(2)11-19(8-7-18(3)4)15-6-5-14(16)9-13(15)10-17/h5-6,9,12H,7-8,11H2,1-4H3. The monoisotopic (exact) mass is 263 g/mol. The summed E-state index contributed by atoms with van der Waals surface area (Å²) in [6, 6.07) is 6.50. The molecule has 0 N–H and O–H groups in total. The number of hydrogen-bond donors (Lipinski definition) is 0. The maximum atomic E-state index is 13.2. The molecule has 0 atom stereocenters. The quantitative estimate of drug-likeness (QED) is 0.790. The Morgan fingerprint density at radius 1 is 1.26 bits per heavy atom. The second kappa shape index (κ2) is 7.10. The third kappa shape index (κ3) is 4.88. The Kier molecular flexibility index (Phi) is 5.78. The molecule has 0 aliphatic rings. The van der Waals surface area contributed by atoms with Crippen LogP contribution in [0.5, 0.6) is 0 Å². The molecule has 0 heterocycles. The van der Waals surface area contributed by atoms with Gasteiger partial charge in [-0.25, -0.2) is 4.39 Å². The van der Waals surface area contributed by atoms with Crippen LogP contribution >= 0.6 is 0 Å². The van der Waals surface area contributed by atoms with Gasteiger partial charge < -0.3 is 9.80 Å². The van der Waals surface area contributed by atoms with Gasteiger partial charge in [0.1, 0.15) is 11.9 Å². The second-order valence-corrected chi connectivity index (χ2v) is 5.42. The summed E-state index contributed by atoms with van der Waals surface area (Å²) in [7, 11) is 4.03. The summed E-state index contributed by atoms with van der Waals surface area (Å²) in [6.07, 6.45) is 0. The first kappa shape index (κ1) is 15.5. The highest BCUT2D eigenvalue weighted by molar-refractivity contribution is 5.59. The second-order valence-electron chi connectivity index (χ2n) is 5.42. The molecule has 0 aliphatic heterocycles. The molecule has 0 fully saturated rings. The fourth-order valence-electron chi connectivity index (χ4n) is 1.95. The van der Waals surface area contributed by atoms with Crippen LogP contribution in [0.2, 0.25) is 0 Å². The van der Waals surface area contributed by atoms with Crippen molar-refractivity contribution >= 4 is 5.69 Å². The van der Waals surface area contributed by atoms with Gasteiger partial charge in [-0.2, -0.15) is 5.26 Å². The molecule has 0 bridgehead atoms. The molecule has 0 spiro atoms. The molecule has 0 aromatic heterocycles. The van der Waals surface area contributed by atoms with E-state index >= 15 is 0 Å². The minimum atomic E-state index is -0.364. The first-order valence-corrected chi connectivity index (χ1v) is 6.53.